The van der Waals surface area contributed by atoms with Gasteiger partial charge in [-0.2, -0.15) is 0 Å². The van der Waals surface area contributed by atoms with Crippen molar-refractivity contribution in [3.63, 3.8) is 0 Å². The molecule has 1 atom stereocenters. The first-order valence-electron chi connectivity index (χ1n) is 10.3. The van der Waals surface area contributed by atoms with Crippen LogP contribution in [0, 0.1) is 18.6 Å². The zero-order valence-electron chi connectivity index (χ0n) is 18.0. The van der Waals surface area contributed by atoms with Crippen molar-refractivity contribution in [3.05, 3.63) is 75.7 Å². The normalized spacial score (nSPS) is 17.1. The molecule has 0 bridgehead atoms. The molecule has 0 spiro atoms. The van der Waals surface area contributed by atoms with Crippen LogP contribution in [0.2, 0.25) is 0 Å². The van der Waals surface area contributed by atoms with Gasteiger partial charge in [0.1, 0.15) is 16.5 Å². The van der Waals surface area contributed by atoms with E-state index in [1.54, 1.807) is 12.4 Å². The summed E-state index contributed by atoms with van der Waals surface area (Å²) in [7, 11) is -2.40. The van der Waals surface area contributed by atoms with Gasteiger partial charge in [-0.1, -0.05) is 30.3 Å². The van der Waals surface area contributed by atoms with E-state index < -0.39 is 32.1 Å². The SMILES string of the molecule is Cc1c(N(C)C2CCN(Cc3ccccc3)C2)cc(F)c(S(=O)(=O)Cc2cscn2)c1F. The van der Waals surface area contributed by atoms with Gasteiger partial charge in [-0.05, 0) is 25.0 Å². The smallest absolute Gasteiger partial charge is 0.189 e. The molecule has 1 unspecified atom stereocenters. The number of sulfone groups is 1. The van der Waals surface area contributed by atoms with Crippen molar-refractivity contribution < 1.29 is 17.2 Å². The number of nitrogens with zero attached hydrogens (tertiary/aromatic N) is 3. The Kier molecular flexibility index (Phi) is 6.60. The second-order valence-corrected chi connectivity index (χ2v) is 10.8. The molecule has 0 radical (unpaired) electrons. The predicted octanol–water partition coefficient (Wildman–Crippen LogP) is 4.41. The summed E-state index contributed by atoms with van der Waals surface area (Å²) >= 11 is 1.23. The lowest BCUT2D eigenvalue weighted by molar-refractivity contribution is 0.326. The molecule has 3 aromatic rings. The number of thiazole rings is 1. The van der Waals surface area contributed by atoms with Crippen molar-refractivity contribution in [1.29, 1.82) is 0 Å². The third kappa shape index (κ3) is 4.69. The van der Waals surface area contributed by atoms with E-state index in [1.165, 1.54) is 29.3 Å². The van der Waals surface area contributed by atoms with E-state index in [0.717, 1.165) is 32.1 Å². The molecule has 1 aliphatic heterocycles. The van der Waals surface area contributed by atoms with Crippen molar-refractivity contribution >= 4 is 26.9 Å². The predicted molar refractivity (Wildman–Crippen MR) is 123 cm³/mol. The highest BCUT2D eigenvalue weighted by Crippen LogP contribution is 2.33. The van der Waals surface area contributed by atoms with Gasteiger partial charge in [0.2, 0.25) is 0 Å². The summed E-state index contributed by atoms with van der Waals surface area (Å²) < 4.78 is 55.6. The molecule has 0 saturated carbocycles. The molecule has 1 aromatic heterocycles. The molecule has 32 heavy (non-hydrogen) atoms. The molecule has 1 aliphatic rings. The molecular formula is C23H25F2N3O2S2. The maximum atomic E-state index is 15.2. The van der Waals surface area contributed by atoms with Gasteiger partial charge in [-0.25, -0.2) is 22.2 Å². The van der Waals surface area contributed by atoms with Gasteiger partial charge >= 0.3 is 0 Å². The van der Waals surface area contributed by atoms with Crippen LogP contribution in [0.4, 0.5) is 14.5 Å². The molecule has 1 fully saturated rings. The zero-order valence-corrected chi connectivity index (χ0v) is 19.6. The number of hydrogen-bond donors (Lipinski definition) is 0. The lowest BCUT2D eigenvalue weighted by atomic mass is 10.1. The van der Waals surface area contributed by atoms with Crippen molar-refractivity contribution in [2.24, 2.45) is 0 Å². The first-order valence-corrected chi connectivity index (χ1v) is 12.9. The standard InChI is InChI=1S/C23H25F2N3O2S2/c1-16-21(27(2)19-8-9-28(12-19)11-17-6-4-3-5-7-17)10-20(24)23(22(16)25)32(29,30)14-18-13-31-15-26-18/h3-7,10,13,15,19H,8-9,11-12,14H2,1-2H3. The molecule has 5 nitrogen and oxygen atoms in total. The van der Waals surface area contributed by atoms with Gasteiger partial charge in [-0.15, -0.1) is 11.3 Å². The topological polar surface area (TPSA) is 53.5 Å². The number of rotatable bonds is 7. The van der Waals surface area contributed by atoms with Gasteiger partial charge in [0.05, 0.1) is 17.0 Å². The first kappa shape index (κ1) is 22.8. The number of likely N-dealkylation sites (N-methyl/N-ethyl adjacent to an activating group) is 1. The number of halogens is 2. The lowest BCUT2D eigenvalue weighted by Gasteiger charge is -2.29. The van der Waals surface area contributed by atoms with Crippen LogP contribution in [0.25, 0.3) is 0 Å². The second kappa shape index (κ2) is 9.25. The molecule has 0 N–H and O–H groups in total. The second-order valence-electron chi connectivity index (χ2n) is 8.16. The number of hydrogen-bond acceptors (Lipinski definition) is 6. The summed E-state index contributed by atoms with van der Waals surface area (Å²) in [4.78, 5) is 7.22. The Hall–Kier alpha value is -2.36. The third-order valence-electron chi connectivity index (χ3n) is 5.95. The minimum absolute atomic E-state index is 0.0775. The van der Waals surface area contributed by atoms with Crippen LogP contribution in [-0.4, -0.2) is 44.5 Å². The summed E-state index contributed by atoms with van der Waals surface area (Å²) in [5.74, 6) is -2.62. The Morgan fingerprint density at radius 3 is 2.69 bits per heavy atom. The van der Waals surface area contributed by atoms with E-state index in [1.807, 2.05) is 23.1 Å². The van der Waals surface area contributed by atoms with Crippen molar-refractivity contribution in [3.8, 4) is 0 Å². The highest BCUT2D eigenvalue weighted by molar-refractivity contribution is 7.90. The zero-order chi connectivity index (χ0) is 22.9. The number of benzene rings is 2. The molecule has 2 heterocycles. The van der Waals surface area contributed by atoms with E-state index in [2.05, 4.69) is 22.0 Å². The van der Waals surface area contributed by atoms with Crippen LogP contribution in [-0.2, 0) is 22.1 Å². The fraction of sp³-hybridized carbons (Fsp3) is 0.348. The molecule has 9 heteroatoms. The Bertz CT molecular complexity index is 1190. The van der Waals surface area contributed by atoms with Gasteiger partial charge in [-0.3, -0.25) is 4.90 Å². The minimum Gasteiger partial charge on any atom is -0.370 e. The maximum absolute atomic E-state index is 15.2. The fourth-order valence-electron chi connectivity index (χ4n) is 4.22. The van der Waals surface area contributed by atoms with Gasteiger partial charge < -0.3 is 4.90 Å². The Morgan fingerprint density at radius 2 is 2.00 bits per heavy atom. The molecule has 0 amide bonds. The minimum atomic E-state index is -4.20. The number of anilines is 1. The van der Waals surface area contributed by atoms with Crippen LogP contribution in [0.3, 0.4) is 0 Å². The first-order chi connectivity index (χ1) is 15.3. The highest BCUT2D eigenvalue weighted by atomic mass is 32.2. The van der Waals surface area contributed by atoms with Crippen molar-refractivity contribution in [2.45, 2.75) is 36.6 Å². The average molecular weight is 478 g/mol. The van der Waals surface area contributed by atoms with E-state index in [4.69, 9.17) is 0 Å². The van der Waals surface area contributed by atoms with E-state index in [9.17, 15) is 12.8 Å². The number of aromatic nitrogens is 1. The van der Waals surface area contributed by atoms with Crippen LogP contribution < -0.4 is 4.90 Å². The summed E-state index contributed by atoms with van der Waals surface area (Å²) in [6.45, 7) is 3.96. The molecule has 4 rings (SSSR count). The van der Waals surface area contributed by atoms with Crippen LogP contribution >= 0.6 is 11.3 Å². The quantitative estimate of drug-likeness (QED) is 0.505. The molecule has 2 aromatic carbocycles. The van der Waals surface area contributed by atoms with Crippen LogP contribution in [0.1, 0.15) is 23.2 Å². The van der Waals surface area contributed by atoms with Gasteiger partial charge in [0.15, 0.2) is 9.84 Å². The van der Waals surface area contributed by atoms with Gasteiger partial charge in [0, 0.05) is 49.4 Å². The van der Waals surface area contributed by atoms with Crippen molar-refractivity contribution in [1.82, 2.24) is 9.88 Å². The fourth-order valence-corrected chi connectivity index (χ4v) is 6.36. The number of likely N-dealkylation sites (tertiary alicyclic amines) is 1. The lowest BCUT2D eigenvalue weighted by Crippen LogP contribution is -2.35. The third-order valence-corrected chi connectivity index (χ3v) is 8.26. The summed E-state index contributed by atoms with van der Waals surface area (Å²) in [6, 6.07) is 11.4. The largest absolute Gasteiger partial charge is 0.370 e. The summed E-state index contributed by atoms with van der Waals surface area (Å²) in [5, 5.41) is 1.56. The van der Waals surface area contributed by atoms with E-state index >= 15 is 4.39 Å². The maximum Gasteiger partial charge on any atom is 0.189 e. The average Bonchev–Trinajstić information content (AvgIpc) is 3.42. The summed E-state index contributed by atoms with van der Waals surface area (Å²) in [5.41, 5.74) is 3.49. The summed E-state index contributed by atoms with van der Waals surface area (Å²) in [6.07, 6.45) is 0.857. The Balaban J connectivity index is 1.54. The Labute approximate surface area is 191 Å². The molecule has 170 valence electrons. The molecular weight excluding hydrogens is 452 g/mol. The highest BCUT2D eigenvalue weighted by Gasteiger charge is 2.32. The van der Waals surface area contributed by atoms with Crippen molar-refractivity contribution in [2.75, 3.05) is 25.0 Å². The monoisotopic (exact) mass is 477 g/mol. The Morgan fingerprint density at radius 1 is 1.25 bits per heavy atom. The molecule has 1 saturated heterocycles. The van der Waals surface area contributed by atoms with Gasteiger partial charge in [0.25, 0.3) is 0 Å². The van der Waals surface area contributed by atoms with Crippen LogP contribution in [0.15, 0.2) is 52.2 Å². The molecule has 0 aliphatic carbocycles. The van der Waals surface area contributed by atoms with Crippen LogP contribution in [0.5, 0.6) is 0 Å². The van der Waals surface area contributed by atoms with E-state index in [-0.39, 0.29) is 17.3 Å². The van der Waals surface area contributed by atoms with E-state index in [0.29, 0.717) is 5.69 Å².